The van der Waals surface area contributed by atoms with Gasteiger partial charge in [0.2, 0.25) is 0 Å². The van der Waals surface area contributed by atoms with Crippen LogP contribution in [0.1, 0.15) is 28.8 Å². The molecule has 1 fully saturated rings. The summed E-state index contributed by atoms with van der Waals surface area (Å²) >= 11 is 0. The molecule has 0 radical (unpaired) electrons. The second kappa shape index (κ2) is 8.37. The van der Waals surface area contributed by atoms with Crippen LogP contribution in [-0.2, 0) is 6.42 Å². The summed E-state index contributed by atoms with van der Waals surface area (Å²) in [6, 6.07) is 15.4. The van der Waals surface area contributed by atoms with Crippen LogP contribution in [0.3, 0.4) is 0 Å². The first-order valence-corrected chi connectivity index (χ1v) is 8.92. The fourth-order valence-electron chi connectivity index (χ4n) is 3.21. The molecule has 6 heteroatoms. The quantitative estimate of drug-likeness (QED) is 0.812. The number of Topliss-reactive ketones (excluding diaryl/α,β-unsaturated/α-hetero) is 1. The maximum absolute atomic E-state index is 12.5. The summed E-state index contributed by atoms with van der Waals surface area (Å²) in [6.07, 6.45) is 1.58. The lowest BCUT2D eigenvalue weighted by Crippen LogP contribution is -2.42. The molecule has 1 heterocycles. The molecule has 3 rings (SSSR count). The first-order valence-electron chi connectivity index (χ1n) is 8.92. The van der Waals surface area contributed by atoms with E-state index in [4.69, 9.17) is 5.26 Å². The number of urea groups is 1. The van der Waals surface area contributed by atoms with Gasteiger partial charge in [-0.1, -0.05) is 12.1 Å². The average molecular weight is 363 g/mol. The number of likely N-dealkylation sites (tertiary alicyclic amines) is 1. The van der Waals surface area contributed by atoms with Crippen molar-refractivity contribution in [2.45, 2.75) is 19.3 Å². The number of hydrogen-bond donors (Lipinski definition) is 2. The summed E-state index contributed by atoms with van der Waals surface area (Å²) in [6.45, 7) is 1.04. The van der Waals surface area contributed by atoms with Crippen molar-refractivity contribution in [2.24, 2.45) is 5.92 Å². The highest BCUT2D eigenvalue weighted by molar-refractivity contribution is 5.98. The largest absolute Gasteiger partial charge is 0.508 e. The number of amides is 2. The molecule has 0 bridgehead atoms. The molecule has 0 aromatic heterocycles. The van der Waals surface area contributed by atoms with Crippen LogP contribution < -0.4 is 5.32 Å². The highest BCUT2D eigenvalue weighted by Crippen LogP contribution is 2.23. The van der Waals surface area contributed by atoms with Gasteiger partial charge in [-0.15, -0.1) is 0 Å². The number of anilines is 1. The number of carbonyl (C=O) groups excluding carboxylic acids is 2. The Labute approximate surface area is 158 Å². The third-order valence-corrected chi connectivity index (χ3v) is 4.79. The predicted octanol–water partition coefficient (Wildman–Crippen LogP) is 3.59. The van der Waals surface area contributed by atoms with Crippen LogP contribution >= 0.6 is 0 Å². The molecule has 2 amide bonds. The van der Waals surface area contributed by atoms with Crippen molar-refractivity contribution in [3.05, 3.63) is 59.7 Å². The molecule has 0 atom stereocenters. The van der Waals surface area contributed by atoms with Gasteiger partial charge < -0.3 is 15.3 Å². The lowest BCUT2D eigenvalue weighted by Gasteiger charge is -2.31. The Bertz CT molecular complexity index is 846. The topological polar surface area (TPSA) is 93.4 Å². The van der Waals surface area contributed by atoms with Crippen LogP contribution in [-0.4, -0.2) is 34.9 Å². The minimum atomic E-state index is -0.182. The molecule has 0 spiro atoms. The molecule has 2 aromatic rings. The van der Waals surface area contributed by atoms with E-state index in [2.05, 4.69) is 11.4 Å². The van der Waals surface area contributed by atoms with Crippen LogP contribution in [0.25, 0.3) is 0 Å². The van der Waals surface area contributed by atoms with Crippen molar-refractivity contribution >= 4 is 17.5 Å². The number of aromatic hydroxyl groups is 1. The van der Waals surface area contributed by atoms with E-state index in [9.17, 15) is 14.7 Å². The van der Waals surface area contributed by atoms with Gasteiger partial charge in [-0.05, 0) is 54.8 Å². The molecule has 2 aromatic carbocycles. The van der Waals surface area contributed by atoms with Gasteiger partial charge in [-0.25, -0.2) is 4.79 Å². The molecule has 1 aliphatic heterocycles. The number of hydrogen-bond acceptors (Lipinski definition) is 4. The number of nitriles is 1. The van der Waals surface area contributed by atoms with Crippen LogP contribution in [0, 0.1) is 17.2 Å². The Morgan fingerprint density at radius 3 is 2.30 bits per heavy atom. The van der Waals surface area contributed by atoms with E-state index in [-0.39, 0.29) is 23.5 Å². The number of nitrogens with zero attached hydrogens (tertiary/aromatic N) is 2. The molecular weight excluding hydrogens is 342 g/mol. The molecule has 138 valence electrons. The van der Waals surface area contributed by atoms with Gasteiger partial charge in [0.25, 0.3) is 0 Å². The van der Waals surface area contributed by atoms with Crippen molar-refractivity contribution in [1.82, 2.24) is 4.90 Å². The maximum Gasteiger partial charge on any atom is 0.321 e. The number of nitrogens with one attached hydrogen (secondary N) is 1. The fourth-order valence-corrected chi connectivity index (χ4v) is 3.21. The SMILES string of the molecule is N#CCc1ccc(NC(=O)N2CCC(C(=O)c3ccc(O)cc3)CC2)cc1. The minimum absolute atomic E-state index is 0.0585. The van der Waals surface area contributed by atoms with Crippen molar-refractivity contribution in [1.29, 1.82) is 5.26 Å². The van der Waals surface area contributed by atoms with Gasteiger partial charge in [0.05, 0.1) is 12.5 Å². The molecule has 1 saturated heterocycles. The Hall–Kier alpha value is -3.33. The number of phenolic OH excluding ortho intramolecular Hbond substituents is 1. The number of benzene rings is 2. The molecule has 27 heavy (non-hydrogen) atoms. The molecule has 2 N–H and O–H groups in total. The van der Waals surface area contributed by atoms with E-state index in [0.29, 0.717) is 43.6 Å². The van der Waals surface area contributed by atoms with Gasteiger partial charge in [0.15, 0.2) is 5.78 Å². The number of phenols is 1. The normalized spacial score (nSPS) is 14.4. The van der Waals surface area contributed by atoms with E-state index in [1.54, 1.807) is 29.2 Å². The summed E-state index contributed by atoms with van der Waals surface area (Å²) in [5.41, 5.74) is 2.18. The van der Waals surface area contributed by atoms with Gasteiger partial charge in [-0.2, -0.15) is 5.26 Å². The zero-order valence-corrected chi connectivity index (χ0v) is 14.9. The number of ketones is 1. The Morgan fingerprint density at radius 2 is 1.70 bits per heavy atom. The van der Waals surface area contributed by atoms with E-state index in [1.807, 2.05) is 12.1 Å². The van der Waals surface area contributed by atoms with Crippen LogP contribution in [0.5, 0.6) is 5.75 Å². The third-order valence-electron chi connectivity index (χ3n) is 4.79. The number of carbonyl (C=O) groups is 2. The first-order chi connectivity index (χ1) is 13.1. The van der Waals surface area contributed by atoms with Gasteiger partial charge in [-0.3, -0.25) is 4.79 Å². The summed E-state index contributed by atoms with van der Waals surface area (Å²) in [4.78, 5) is 26.7. The number of piperidine rings is 1. The second-order valence-corrected chi connectivity index (χ2v) is 6.63. The lowest BCUT2D eigenvalue weighted by molar-refractivity contribution is 0.0859. The van der Waals surface area contributed by atoms with Crippen molar-refractivity contribution in [2.75, 3.05) is 18.4 Å². The smallest absolute Gasteiger partial charge is 0.321 e. The first kappa shape index (κ1) is 18.5. The van der Waals surface area contributed by atoms with Crippen molar-refractivity contribution < 1.29 is 14.7 Å². The van der Waals surface area contributed by atoms with Gasteiger partial charge in [0, 0.05) is 30.3 Å². The second-order valence-electron chi connectivity index (χ2n) is 6.63. The zero-order valence-electron chi connectivity index (χ0n) is 14.9. The number of rotatable bonds is 4. The summed E-state index contributed by atoms with van der Waals surface area (Å²) in [5.74, 6) is 0.0886. The Kier molecular flexibility index (Phi) is 5.72. The van der Waals surface area contributed by atoms with E-state index in [0.717, 1.165) is 5.56 Å². The molecule has 6 nitrogen and oxygen atoms in total. The lowest BCUT2D eigenvalue weighted by atomic mass is 9.89. The summed E-state index contributed by atoms with van der Waals surface area (Å²) < 4.78 is 0. The molecule has 0 unspecified atom stereocenters. The van der Waals surface area contributed by atoms with E-state index >= 15 is 0 Å². The predicted molar refractivity (Wildman–Crippen MR) is 102 cm³/mol. The highest BCUT2D eigenvalue weighted by atomic mass is 16.3. The van der Waals surface area contributed by atoms with Gasteiger partial charge >= 0.3 is 6.03 Å². The average Bonchev–Trinajstić information content (AvgIpc) is 2.70. The Morgan fingerprint density at radius 1 is 1.07 bits per heavy atom. The molecular formula is C21H21N3O3. The molecule has 0 aliphatic carbocycles. The van der Waals surface area contributed by atoms with Crippen LogP contribution in [0.2, 0.25) is 0 Å². The molecule has 0 saturated carbocycles. The van der Waals surface area contributed by atoms with Crippen molar-refractivity contribution in [3.8, 4) is 11.8 Å². The highest BCUT2D eigenvalue weighted by Gasteiger charge is 2.28. The standard InChI is InChI=1S/C21H21N3O3/c22-12-9-15-1-5-18(6-2-15)23-21(27)24-13-10-17(11-14-24)20(26)16-3-7-19(25)8-4-16/h1-8,17,25H,9-11,13-14H2,(H,23,27). The van der Waals surface area contributed by atoms with Crippen molar-refractivity contribution in [3.63, 3.8) is 0 Å². The fraction of sp³-hybridized carbons (Fsp3) is 0.286. The zero-order chi connectivity index (χ0) is 19.2. The minimum Gasteiger partial charge on any atom is -0.508 e. The van der Waals surface area contributed by atoms with Crippen LogP contribution in [0.4, 0.5) is 10.5 Å². The van der Waals surface area contributed by atoms with Gasteiger partial charge in [0.1, 0.15) is 5.75 Å². The maximum atomic E-state index is 12.5. The van der Waals surface area contributed by atoms with E-state index < -0.39 is 0 Å². The Balaban J connectivity index is 1.52. The molecule has 1 aliphatic rings. The summed E-state index contributed by atoms with van der Waals surface area (Å²) in [5, 5.41) is 20.9. The van der Waals surface area contributed by atoms with Crippen LogP contribution in [0.15, 0.2) is 48.5 Å². The third kappa shape index (κ3) is 4.64. The summed E-state index contributed by atoms with van der Waals surface area (Å²) in [7, 11) is 0. The van der Waals surface area contributed by atoms with E-state index in [1.165, 1.54) is 12.1 Å². The monoisotopic (exact) mass is 363 g/mol.